The van der Waals surface area contributed by atoms with E-state index >= 15 is 0 Å². The maximum atomic E-state index is 3.79. The number of rotatable bonds is 5. The van der Waals surface area contributed by atoms with E-state index in [4.69, 9.17) is 0 Å². The van der Waals surface area contributed by atoms with Crippen molar-refractivity contribution in [3.63, 3.8) is 0 Å². The minimum atomic E-state index is 1.18. The Kier molecular flexibility index (Phi) is 13.2. The fourth-order valence-corrected chi connectivity index (χ4v) is 0.905. The van der Waals surface area contributed by atoms with E-state index in [-0.39, 0.29) is 0 Å². The molecular formula is C13H26. The standard InChI is InChI=1S/C7H14.C6H12/c1-4-5-6-7(2)3;1-4-5-6(2)3/h2,4-6H2,1,3H3;2,4-5H2,1,3H3. The zero-order valence-corrected chi connectivity index (χ0v) is 9.95. The third-order valence-electron chi connectivity index (χ3n) is 1.63. The van der Waals surface area contributed by atoms with Gasteiger partial charge in [0.05, 0.1) is 0 Å². The number of hydrogen-bond acceptors (Lipinski definition) is 0. The molecule has 0 aliphatic rings. The molecule has 13 heavy (non-hydrogen) atoms. The summed E-state index contributed by atoms with van der Waals surface area (Å²) in [5.74, 6) is 0. The molecule has 78 valence electrons. The van der Waals surface area contributed by atoms with Crippen LogP contribution < -0.4 is 0 Å². The first-order valence-corrected chi connectivity index (χ1v) is 5.33. The third-order valence-corrected chi connectivity index (χ3v) is 1.63. The maximum absolute atomic E-state index is 3.79. The maximum Gasteiger partial charge on any atom is -0.0326 e. The van der Waals surface area contributed by atoms with E-state index in [1.165, 1.54) is 43.3 Å². The second-order valence-corrected chi connectivity index (χ2v) is 3.77. The minimum Gasteiger partial charge on any atom is -0.100 e. The monoisotopic (exact) mass is 182 g/mol. The van der Waals surface area contributed by atoms with Gasteiger partial charge in [0.15, 0.2) is 0 Å². The van der Waals surface area contributed by atoms with Gasteiger partial charge < -0.3 is 0 Å². The molecule has 0 fully saturated rings. The topological polar surface area (TPSA) is 0 Å². The van der Waals surface area contributed by atoms with Crippen molar-refractivity contribution in [3.8, 4) is 0 Å². The van der Waals surface area contributed by atoms with Gasteiger partial charge in [-0.3, -0.25) is 0 Å². The van der Waals surface area contributed by atoms with Gasteiger partial charge in [-0.2, -0.15) is 0 Å². The van der Waals surface area contributed by atoms with Crippen molar-refractivity contribution in [1.82, 2.24) is 0 Å². The second-order valence-electron chi connectivity index (χ2n) is 3.77. The Hall–Kier alpha value is -0.520. The predicted octanol–water partition coefficient (Wildman–Crippen LogP) is 5.12. The molecule has 0 rings (SSSR count). The molecule has 0 spiro atoms. The van der Waals surface area contributed by atoms with Crippen molar-refractivity contribution in [1.29, 1.82) is 0 Å². The fourth-order valence-electron chi connectivity index (χ4n) is 0.905. The van der Waals surface area contributed by atoms with E-state index < -0.39 is 0 Å². The first kappa shape index (κ1) is 15.0. The summed E-state index contributed by atoms with van der Waals surface area (Å²) in [7, 11) is 0. The molecule has 0 aliphatic carbocycles. The fraction of sp³-hybridized carbons (Fsp3) is 0.692. The molecule has 0 aromatic rings. The molecule has 0 saturated heterocycles. The molecule has 0 heteroatoms. The molecule has 0 heterocycles. The van der Waals surface area contributed by atoms with Crippen LogP contribution in [0.4, 0.5) is 0 Å². The number of hydrogen-bond donors (Lipinski definition) is 0. The summed E-state index contributed by atoms with van der Waals surface area (Å²) in [5, 5.41) is 0. The van der Waals surface area contributed by atoms with Gasteiger partial charge in [0.25, 0.3) is 0 Å². The Morgan fingerprint density at radius 2 is 1.31 bits per heavy atom. The van der Waals surface area contributed by atoms with E-state index in [2.05, 4.69) is 40.9 Å². The first-order valence-electron chi connectivity index (χ1n) is 5.33. The van der Waals surface area contributed by atoms with Gasteiger partial charge in [0, 0.05) is 0 Å². The number of unbranched alkanes of at least 4 members (excludes halogenated alkanes) is 1. The zero-order chi connectivity index (χ0) is 10.7. The molecular weight excluding hydrogens is 156 g/mol. The van der Waals surface area contributed by atoms with Gasteiger partial charge in [-0.05, 0) is 33.1 Å². The Balaban J connectivity index is 0. The first-order chi connectivity index (χ1) is 6.04. The summed E-state index contributed by atoms with van der Waals surface area (Å²) >= 11 is 0. The quantitative estimate of drug-likeness (QED) is 0.518. The summed E-state index contributed by atoms with van der Waals surface area (Å²) in [6.07, 6.45) is 6.20. The third kappa shape index (κ3) is 24.6. The highest BCUT2D eigenvalue weighted by Crippen LogP contribution is 2.01. The SMILES string of the molecule is C=C(C)CCC.C=C(C)CCCC. The highest BCUT2D eigenvalue weighted by atomic mass is 13.9. The van der Waals surface area contributed by atoms with Crippen molar-refractivity contribution in [3.05, 3.63) is 24.3 Å². The van der Waals surface area contributed by atoms with Gasteiger partial charge in [0.1, 0.15) is 0 Å². The van der Waals surface area contributed by atoms with E-state index in [9.17, 15) is 0 Å². The summed E-state index contributed by atoms with van der Waals surface area (Å²) in [6, 6.07) is 0. The lowest BCUT2D eigenvalue weighted by molar-refractivity contribution is 0.789. The normalized spacial score (nSPS) is 8.62. The molecule has 0 N–H and O–H groups in total. The van der Waals surface area contributed by atoms with Crippen molar-refractivity contribution in [2.24, 2.45) is 0 Å². The lowest BCUT2D eigenvalue weighted by Gasteiger charge is -1.91. The summed E-state index contributed by atoms with van der Waals surface area (Å²) in [5.41, 5.74) is 2.60. The van der Waals surface area contributed by atoms with E-state index in [0.29, 0.717) is 0 Å². The molecule has 0 amide bonds. The molecule has 0 atom stereocenters. The average molecular weight is 182 g/mol. The van der Waals surface area contributed by atoms with Crippen LogP contribution in [0.15, 0.2) is 24.3 Å². The Bertz CT molecular complexity index is 131. The van der Waals surface area contributed by atoms with E-state index in [1.807, 2.05) is 0 Å². The molecule has 0 nitrogen and oxygen atoms in total. The molecule has 0 unspecified atom stereocenters. The van der Waals surface area contributed by atoms with Crippen LogP contribution in [0.25, 0.3) is 0 Å². The van der Waals surface area contributed by atoms with E-state index in [1.54, 1.807) is 0 Å². The van der Waals surface area contributed by atoms with Crippen LogP contribution in [0.5, 0.6) is 0 Å². The second kappa shape index (κ2) is 11.5. The van der Waals surface area contributed by atoms with Gasteiger partial charge >= 0.3 is 0 Å². The Labute approximate surface area is 84.7 Å². The molecule has 0 aromatic carbocycles. The van der Waals surface area contributed by atoms with Crippen LogP contribution >= 0.6 is 0 Å². The highest BCUT2D eigenvalue weighted by Gasteiger charge is 1.81. The van der Waals surface area contributed by atoms with Crippen molar-refractivity contribution in [2.75, 3.05) is 0 Å². The molecule has 0 aliphatic heterocycles. The summed E-state index contributed by atoms with van der Waals surface area (Å²) in [4.78, 5) is 0. The average Bonchev–Trinajstić information content (AvgIpc) is 2.01. The lowest BCUT2D eigenvalue weighted by Crippen LogP contribution is -1.71. The highest BCUT2D eigenvalue weighted by molar-refractivity contribution is 4.86. The van der Waals surface area contributed by atoms with Gasteiger partial charge in [-0.25, -0.2) is 0 Å². The van der Waals surface area contributed by atoms with Gasteiger partial charge in [-0.15, -0.1) is 13.2 Å². The lowest BCUT2D eigenvalue weighted by atomic mass is 10.2. The van der Waals surface area contributed by atoms with Gasteiger partial charge in [0.2, 0.25) is 0 Å². The molecule has 0 saturated carbocycles. The molecule has 0 bridgehead atoms. The van der Waals surface area contributed by atoms with Crippen LogP contribution in [0.2, 0.25) is 0 Å². The van der Waals surface area contributed by atoms with Crippen molar-refractivity contribution < 1.29 is 0 Å². The molecule has 0 radical (unpaired) electrons. The van der Waals surface area contributed by atoms with Crippen molar-refractivity contribution >= 4 is 0 Å². The summed E-state index contributed by atoms with van der Waals surface area (Å²) < 4.78 is 0. The van der Waals surface area contributed by atoms with Crippen LogP contribution in [0.1, 0.15) is 59.8 Å². The minimum absolute atomic E-state index is 1.18. The van der Waals surface area contributed by atoms with E-state index in [0.717, 1.165) is 0 Å². The van der Waals surface area contributed by atoms with Crippen LogP contribution in [-0.4, -0.2) is 0 Å². The van der Waals surface area contributed by atoms with Crippen LogP contribution in [0.3, 0.4) is 0 Å². The largest absolute Gasteiger partial charge is 0.100 e. The number of allylic oxidation sites excluding steroid dienone is 2. The Morgan fingerprint density at radius 3 is 1.38 bits per heavy atom. The predicted molar refractivity (Wildman–Crippen MR) is 64.1 cm³/mol. The van der Waals surface area contributed by atoms with Crippen molar-refractivity contribution in [2.45, 2.75) is 59.8 Å². The Morgan fingerprint density at radius 1 is 0.846 bits per heavy atom. The van der Waals surface area contributed by atoms with Crippen LogP contribution in [-0.2, 0) is 0 Å². The zero-order valence-electron chi connectivity index (χ0n) is 9.95. The smallest absolute Gasteiger partial charge is 0.0326 e. The molecule has 0 aromatic heterocycles. The summed E-state index contributed by atoms with van der Waals surface area (Å²) in [6.45, 7) is 16.0. The van der Waals surface area contributed by atoms with Crippen LogP contribution in [0, 0.1) is 0 Å². The van der Waals surface area contributed by atoms with Gasteiger partial charge in [-0.1, -0.05) is 37.8 Å².